The van der Waals surface area contributed by atoms with Gasteiger partial charge in [0.2, 0.25) is 0 Å². The van der Waals surface area contributed by atoms with E-state index < -0.39 is 0 Å². The molecular formula is C13H25NO2S. The van der Waals surface area contributed by atoms with E-state index in [2.05, 4.69) is 19.2 Å². The Morgan fingerprint density at radius 3 is 2.76 bits per heavy atom. The summed E-state index contributed by atoms with van der Waals surface area (Å²) in [6.45, 7) is 5.18. The van der Waals surface area contributed by atoms with Gasteiger partial charge in [-0.25, -0.2) is 0 Å². The molecule has 0 bridgehead atoms. The number of rotatable bonds is 3. The lowest BCUT2D eigenvalue weighted by Crippen LogP contribution is -2.55. The van der Waals surface area contributed by atoms with Crippen LogP contribution >= 0.6 is 11.8 Å². The number of hydrogen-bond acceptors (Lipinski definition) is 4. The first kappa shape index (κ1) is 13.7. The van der Waals surface area contributed by atoms with Gasteiger partial charge in [-0.2, -0.15) is 11.8 Å². The van der Waals surface area contributed by atoms with Crippen LogP contribution in [0.15, 0.2) is 0 Å². The Morgan fingerprint density at radius 1 is 1.41 bits per heavy atom. The van der Waals surface area contributed by atoms with Crippen LogP contribution in [0.5, 0.6) is 0 Å². The van der Waals surface area contributed by atoms with E-state index >= 15 is 0 Å². The molecule has 0 aromatic carbocycles. The number of ether oxygens (including phenoxy) is 1. The van der Waals surface area contributed by atoms with Gasteiger partial charge in [-0.1, -0.05) is 0 Å². The molecule has 2 aliphatic rings. The van der Waals surface area contributed by atoms with Crippen LogP contribution in [-0.4, -0.2) is 47.0 Å². The predicted octanol–water partition coefficient (Wildman–Crippen LogP) is 1.79. The van der Waals surface area contributed by atoms with E-state index in [0.29, 0.717) is 6.04 Å². The maximum Gasteiger partial charge on any atom is 0.0713 e. The zero-order valence-corrected chi connectivity index (χ0v) is 11.8. The van der Waals surface area contributed by atoms with Gasteiger partial charge in [0, 0.05) is 18.2 Å². The van der Waals surface area contributed by atoms with Crippen LogP contribution in [0, 0.1) is 0 Å². The van der Waals surface area contributed by atoms with Crippen molar-refractivity contribution in [2.45, 2.75) is 56.7 Å². The summed E-state index contributed by atoms with van der Waals surface area (Å²) in [6, 6.07) is 0.494. The molecule has 1 unspecified atom stereocenters. The molecule has 0 radical (unpaired) electrons. The summed E-state index contributed by atoms with van der Waals surface area (Å²) in [5.74, 6) is 2.46. The lowest BCUT2D eigenvalue weighted by atomic mass is 9.84. The molecule has 2 rings (SSSR count). The number of nitrogens with one attached hydrogen (secondary N) is 1. The molecule has 17 heavy (non-hydrogen) atoms. The summed E-state index contributed by atoms with van der Waals surface area (Å²) in [6.07, 6.45) is 4.56. The summed E-state index contributed by atoms with van der Waals surface area (Å²) in [5, 5.41) is 12.9. The second-order valence-electron chi connectivity index (χ2n) is 6.02. The average molecular weight is 259 g/mol. The first-order chi connectivity index (χ1) is 8.05. The van der Waals surface area contributed by atoms with Crippen LogP contribution in [0.25, 0.3) is 0 Å². The van der Waals surface area contributed by atoms with E-state index in [0.717, 1.165) is 19.4 Å². The van der Waals surface area contributed by atoms with E-state index in [1.165, 1.54) is 24.3 Å². The first-order valence-electron chi connectivity index (χ1n) is 6.66. The van der Waals surface area contributed by atoms with Crippen molar-refractivity contribution in [1.29, 1.82) is 0 Å². The van der Waals surface area contributed by atoms with Crippen molar-refractivity contribution >= 4 is 11.8 Å². The highest BCUT2D eigenvalue weighted by Crippen LogP contribution is 2.37. The molecule has 0 aromatic rings. The second kappa shape index (κ2) is 5.47. The van der Waals surface area contributed by atoms with Crippen LogP contribution in [0.1, 0.15) is 39.5 Å². The van der Waals surface area contributed by atoms with Crippen molar-refractivity contribution < 1.29 is 9.84 Å². The van der Waals surface area contributed by atoms with E-state index in [-0.39, 0.29) is 17.7 Å². The molecule has 100 valence electrons. The summed E-state index contributed by atoms with van der Waals surface area (Å²) in [4.78, 5) is 0. The Balaban J connectivity index is 1.92. The second-order valence-corrected chi connectivity index (χ2v) is 7.24. The number of thioether (sulfide) groups is 1. The SMILES string of the molecule is CC(C)(CO)NC1CCOC2(CCSCC2)C1. The number of aliphatic hydroxyl groups is 1. The smallest absolute Gasteiger partial charge is 0.0713 e. The van der Waals surface area contributed by atoms with Crippen molar-refractivity contribution in [2.24, 2.45) is 0 Å². The van der Waals surface area contributed by atoms with Crippen molar-refractivity contribution in [3.05, 3.63) is 0 Å². The predicted molar refractivity (Wildman–Crippen MR) is 72.6 cm³/mol. The summed E-state index contributed by atoms with van der Waals surface area (Å²) < 4.78 is 6.07. The zero-order chi connectivity index (χ0) is 12.4. The molecular weight excluding hydrogens is 234 g/mol. The standard InChI is InChI=1S/C13H25NO2S/c1-12(2,10-15)14-11-3-6-16-13(9-11)4-7-17-8-5-13/h11,14-15H,3-10H2,1-2H3. The van der Waals surface area contributed by atoms with Gasteiger partial charge in [0.1, 0.15) is 0 Å². The number of hydrogen-bond donors (Lipinski definition) is 2. The first-order valence-corrected chi connectivity index (χ1v) is 7.81. The van der Waals surface area contributed by atoms with Gasteiger partial charge in [-0.05, 0) is 51.0 Å². The van der Waals surface area contributed by atoms with Gasteiger partial charge < -0.3 is 15.2 Å². The Bertz CT molecular complexity index is 246. The minimum absolute atomic E-state index is 0.132. The molecule has 0 amide bonds. The Morgan fingerprint density at radius 2 is 2.12 bits per heavy atom. The van der Waals surface area contributed by atoms with Crippen molar-refractivity contribution in [3.63, 3.8) is 0 Å². The van der Waals surface area contributed by atoms with E-state index in [1.54, 1.807) is 0 Å². The minimum Gasteiger partial charge on any atom is -0.394 e. The number of aliphatic hydroxyl groups excluding tert-OH is 1. The average Bonchev–Trinajstić information content (AvgIpc) is 2.29. The van der Waals surface area contributed by atoms with Crippen LogP contribution in [-0.2, 0) is 4.74 Å². The molecule has 2 heterocycles. The molecule has 2 saturated heterocycles. The highest BCUT2D eigenvalue weighted by molar-refractivity contribution is 7.99. The summed E-state index contributed by atoms with van der Waals surface area (Å²) >= 11 is 2.04. The summed E-state index contributed by atoms with van der Waals surface area (Å²) in [7, 11) is 0. The van der Waals surface area contributed by atoms with Gasteiger partial charge in [-0.3, -0.25) is 0 Å². The van der Waals surface area contributed by atoms with E-state index in [1.807, 2.05) is 11.8 Å². The van der Waals surface area contributed by atoms with Gasteiger partial charge in [0.15, 0.2) is 0 Å². The fourth-order valence-electron chi connectivity index (χ4n) is 2.84. The quantitative estimate of drug-likeness (QED) is 0.811. The maximum atomic E-state index is 9.33. The largest absolute Gasteiger partial charge is 0.394 e. The van der Waals surface area contributed by atoms with Crippen LogP contribution in [0.4, 0.5) is 0 Å². The monoisotopic (exact) mass is 259 g/mol. The molecule has 0 aromatic heterocycles. The molecule has 2 N–H and O–H groups in total. The third kappa shape index (κ3) is 3.60. The van der Waals surface area contributed by atoms with Crippen LogP contribution < -0.4 is 5.32 Å². The fourth-order valence-corrected chi connectivity index (χ4v) is 4.08. The third-order valence-corrected chi connectivity index (χ3v) is 4.87. The Labute approximate surface area is 109 Å². The zero-order valence-electron chi connectivity index (χ0n) is 11.0. The fraction of sp³-hybridized carbons (Fsp3) is 1.00. The van der Waals surface area contributed by atoms with E-state index in [9.17, 15) is 5.11 Å². The third-order valence-electron chi connectivity index (χ3n) is 3.89. The Kier molecular flexibility index (Phi) is 4.40. The van der Waals surface area contributed by atoms with Gasteiger partial charge in [0.05, 0.1) is 12.2 Å². The molecule has 0 saturated carbocycles. The molecule has 1 spiro atoms. The van der Waals surface area contributed by atoms with Crippen molar-refractivity contribution in [3.8, 4) is 0 Å². The van der Waals surface area contributed by atoms with E-state index in [4.69, 9.17) is 4.74 Å². The molecule has 0 aliphatic carbocycles. The molecule has 4 heteroatoms. The van der Waals surface area contributed by atoms with Crippen LogP contribution in [0.2, 0.25) is 0 Å². The molecule has 2 aliphatic heterocycles. The minimum atomic E-state index is -0.174. The van der Waals surface area contributed by atoms with Gasteiger partial charge in [-0.15, -0.1) is 0 Å². The topological polar surface area (TPSA) is 41.5 Å². The summed E-state index contributed by atoms with van der Waals surface area (Å²) in [5.41, 5.74) is -0.0423. The van der Waals surface area contributed by atoms with Gasteiger partial charge in [0.25, 0.3) is 0 Å². The molecule has 2 fully saturated rings. The highest BCUT2D eigenvalue weighted by Gasteiger charge is 2.39. The highest BCUT2D eigenvalue weighted by atomic mass is 32.2. The van der Waals surface area contributed by atoms with Crippen LogP contribution in [0.3, 0.4) is 0 Å². The van der Waals surface area contributed by atoms with Crippen molar-refractivity contribution in [1.82, 2.24) is 5.32 Å². The molecule has 3 nitrogen and oxygen atoms in total. The lowest BCUT2D eigenvalue weighted by molar-refractivity contribution is -0.0964. The van der Waals surface area contributed by atoms with Gasteiger partial charge >= 0.3 is 0 Å². The lowest BCUT2D eigenvalue weighted by Gasteiger charge is -2.45. The Hall–Kier alpha value is 0.230. The van der Waals surface area contributed by atoms with Crippen molar-refractivity contribution in [2.75, 3.05) is 24.7 Å². The molecule has 1 atom stereocenters. The normalized spacial score (nSPS) is 29.5. The maximum absolute atomic E-state index is 9.33.